The molecule has 0 radical (unpaired) electrons. The Morgan fingerprint density at radius 3 is 2.44 bits per heavy atom. The number of aliphatic hydroxyl groups excluding tert-OH is 1. The van der Waals surface area contributed by atoms with Crippen LogP contribution in [-0.4, -0.2) is 11.2 Å². The van der Waals surface area contributed by atoms with Crippen molar-refractivity contribution in [2.24, 2.45) is 11.8 Å². The highest BCUT2D eigenvalue weighted by molar-refractivity contribution is 4.99. The van der Waals surface area contributed by atoms with Crippen molar-refractivity contribution in [3.63, 3.8) is 0 Å². The van der Waals surface area contributed by atoms with Crippen molar-refractivity contribution < 1.29 is 5.11 Å². The molecule has 0 saturated carbocycles. The summed E-state index contributed by atoms with van der Waals surface area (Å²) in [5.74, 6) is 1.29. The maximum Gasteiger partial charge on any atom is 0.0723 e. The molecule has 1 aliphatic carbocycles. The Morgan fingerprint density at radius 1 is 1.33 bits per heavy atom. The minimum Gasteiger partial charge on any atom is -0.389 e. The van der Waals surface area contributed by atoms with E-state index in [1.54, 1.807) is 0 Å². The molecule has 0 aromatic rings. The third-order valence-electron chi connectivity index (χ3n) is 2.15. The molecule has 1 heteroatoms. The van der Waals surface area contributed by atoms with Crippen molar-refractivity contribution in [2.45, 2.75) is 26.4 Å². The average molecular weight is 126 g/mol. The van der Waals surface area contributed by atoms with Gasteiger partial charge in [0, 0.05) is 0 Å². The van der Waals surface area contributed by atoms with Gasteiger partial charge < -0.3 is 5.11 Å². The Bertz CT molecular complexity index is 118. The van der Waals surface area contributed by atoms with Crippen LogP contribution in [0.1, 0.15) is 20.3 Å². The zero-order valence-electron chi connectivity index (χ0n) is 6.04. The highest BCUT2D eigenvalue weighted by atomic mass is 16.3. The smallest absolute Gasteiger partial charge is 0.0723 e. The first kappa shape index (κ1) is 6.81. The summed E-state index contributed by atoms with van der Waals surface area (Å²) in [4.78, 5) is 0. The van der Waals surface area contributed by atoms with E-state index in [0.717, 1.165) is 6.42 Å². The van der Waals surface area contributed by atoms with Crippen LogP contribution in [-0.2, 0) is 0 Å². The van der Waals surface area contributed by atoms with Gasteiger partial charge in [-0.15, -0.1) is 0 Å². The third kappa shape index (κ3) is 1.55. The Balaban J connectivity index is 2.54. The lowest BCUT2D eigenvalue weighted by Gasteiger charge is -2.23. The summed E-state index contributed by atoms with van der Waals surface area (Å²) in [5.41, 5.74) is 0. The topological polar surface area (TPSA) is 20.2 Å². The van der Waals surface area contributed by atoms with E-state index < -0.39 is 0 Å². The summed E-state index contributed by atoms with van der Waals surface area (Å²) in [6.07, 6.45) is 4.73. The molecule has 0 spiro atoms. The van der Waals surface area contributed by atoms with E-state index in [0.29, 0.717) is 11.8 Å². The summed E-state index contributed by atoms with van der Waals surface area (Å²) in [5, 5.41) is 9.11. The first-order chi connectivity index (χ1) is 4.20. The van der Waals surface area contributed by atoms with Crippen LogP contribution in [0.15, 0.2) is 12.2 Å². The molecule has 1 N–H and O–H groups in total. The van der Waals surface area contributed by atoms with Crippen LogP contribution < -0.4 is 0 Å². The Labute approximate surface area is 56.4 Å². The van der Waals surface area contributed by atoms with Crippen LogP contribution in [0.25, 0.3) is 0 Å². The lowest BCUT2D eigenvalue weighted by atomic mass is 9.86. The van der Waals surface area contributed by atoms with Gasteiger partial charge in [-0.05, 0) is 18.3 Å². The molecular weight excluding hydrogens is 112 g/mol. The summed E-state index contributed by atoms with van der Waals surface area (Å²) in [7, 11) is 0. The molecule has 2 unspecified atom stereocenters. The third-order valence-corrected chi connectivity index (χ3v) is 2.15. The first-order valence-electron chi connectivity index (χ1n) is 3.56. The monoisotopic (exact) mass is 126 g/mol. The summed E-state index contributed by atoms with van der Waals surface area (Å²) >= 11 is 0. The molecule has 0 amide bonds. The number of allylic oxidation sites excluding steroid dienone is 1. The molecule has 0 aliphatic heterocycles. The number of rotatable bonds is 0. The lowest BCUT2D eigenvalue weighted by Crippen LogP contribution is -2.18. The maximum absolute atomic E-state index is 9.11. The second-order valence-corrected chi connectivity index (χ2v) is 3.02. The number of aliphatic hydroxyl groups is 1. The van der Waals surface area contributed by atoms with E-state index in [1.807, 2.05) is 6.08 Å². The van der Waals surface area contributed by atoms with Gasteiger partial charge in [-0.3, -0.25) is 0 Å². The fourth-order valence-corrected chi connectivity index (χ4v) is 1.17. The average Bonchev–Trinajstić information content (AvgIpc) is 1.80. The van der Waals surface area contributed by atoms with Gasteiger partial charge in [0.1, 0.15) is 0 Å². The predicted octanol–water partition coefficient (Wildman–Crippen LogP) is 1.58. The van der Waals surface area contributed by atoms with E-state index in [2.05, 4.69) is 19.9 Å². The molecule has 9 heavy (non-hydrogen) atoms. The number of hydrogen-bond donors (Lipinski definition) is 1. The summed E-state index contributed by atoms with van der Waals surface area (Å²) in [6.45, 7) is 4.37. The van der Waals surface area contributed by atoms with Crippen LogP contribution in [0, 0.1) is 11.8 Å². The molecule has 0 saturated heterocycles. The van der Waals surface area contributed by atoms with Gasteiger partial charge in [0.05, 0.1) is 6.10 Å². The predicted molar refractivity (Wildman–Crippen MR) is 38.1 cm³/mol. The minimum atomic E-state index is -0.184. The van der Waals surface area contributed by atoms with Gasteiger partial charge in [-0.1, -0.05) is 26.0 Å². The van der Waals surface area contributed by atoms with Gasteiger partial charge in [0.15, 0.2) is 0 Å². The van der Waals surface area contributed by atoms with Gasteiger partial charge in [0.2, 0.25) is 0 Å². The molecule has 0 fully saturated rings. The van der Waals surface area contributed by atoms with Crippen LogP contribution in [0.4, 0.5) is 0 Å². The number of hydrogen-bond acceptors (Lipinski definition) is 1. The fraction of sp³-hybridized carbons (Fsp3) is 0.750. The maximum atomic E-state index is 9.11. The van der Waals surface area contributed by atoms with Crippen molar-refractivity contribution in [1.29, 1.82) is 0 Å². The SMILES string of the molecule is CC1C=CC(O)C[C@@H]1C. The van der Waals surface area contributed by atoms with E-state index in [9.17, 15) is 0 Å². The molecule has 0 aromatic carbocycles. The molecular formula is C8H14O. The van der Waals surface area contributed by atoms with Crippen LogP contribution in [0.3, 0.4) is 0 Å². The van der Waals surface area contributed by atoms with Crippen molar-refractivity contribution in [3.05, 3.63) is 12.2 Å². The van der Waals surface area contributed by atoms with E-state index in [4.69, 9.17) is 5.11 Å². The molecule has 52 valence electrons. The second kappa shape index (κ2) is 2.53. The largest absolute Gasteiger partial charge is 0.389 e. The van der Waals surface area contributed by atoms with E-state index in [-0.39, 0.29) is 6.10 Å². The quantitative estimate of drug-likeness (QED) is 0.488. The first-order valence-corrected chi connectivity index (χ1v) is 3.56. The molecule has 0 heterocycles. The Kier molecular flexibility index (Phi) is 1.91. The molecule has 1 rings (SSSR count). The van der Waals surface area contributed by atoms with Crippen LogP contribution in [0.2, 0.25) is 0 Å². The minimum absolute atomic E-state index is 0.184. The van der Waals surface area contributed by atoms with E-state index >= 15 is 0 Å². The zero-order chi connectivity index (χ0) is 6.85. The highest BCUT2D eigenvalue weighted by Crippen LogP contribution is 2.23. The van der Waals surface area contributed by atoms with Gasteiger partial charge in [-0.25, -0.2) is 0 Å². The van der Waals surface area contributed by atoms with Gasteiger partial charge in [0.25, 0.3) is 0 Å². The molecule has 0 aromatic heterocycles. The van der Waals surface area contributed by atoms with Crippen LogP contribution in [0.5, 0.6) is 0 Å². The van der Waals surface area contributed by atoms with Crippen LogP contribution >= 0.6 is 0 Å². The molecule has 3 atom stereocenters. The zero-order valence-corrected chi connectivity index (χ0v) is 6.04. The highest BCUT2D eigenvalue weighted by Gasteiger charge is 2.17. The standard InChI is InChI=1S/C8H14O/c1-6-3-4-8(9)5-7(6)2/h3-4,6-9H,5H2,1-2H3/t6?,7-,8?/m0/s1. The van der Waals surface area contributed by atoms with Crippen molar-refractivity contribution in [3.8, 4) is 0 Å². The second-order valence-electron chi connectivity index (χ2n) is 3.02. The van der Waals surface area contributed by atoms with Crippen molar-refractivity contribution >= 4 is 0 Å². The van der Waals surface area contributed by atoms with Gasteiger partial charge >= 0.3 is 0 Å². The Morgan fingerprint density at radius 2 is 2.00 bits per heavy atom. The molecule has 1 nitrogen and oxygen atoms in total. The summed E-state index contributed by atoms with van der Waals surface area (Å²) < 4.78 is 0. The molecule has 1 aliphatic rings. The normalized spacial score (nSPS) is 43.2. The van der Waals surface area contributed by atoms with Crippen molar-refractivity contribution in [2.75, 3.05) is 0 Å². The fourth-order valence-electron chi connectivity index (χ4n) is 1.17. The van der Waals surface area contributed by atoms with Crippen molar-refractivity contribution in [1.82, 2.24) is 0 Å². The Hall–Kier alpha value is -0.300. The summed E-state index contributed by atoms with van der Waals surface area (Å²) in [6, 6.07) is 0. The van der Waals surface area contributed by atoms with E-state index in [1.165, 1.54) is 0 Å². The lowest BCUT2D eigenvalue weighted by molar-refractivity contribution is 0.169. The molecule has 0 bridgehead atoms. The van der Waals surface area contributed by atoms with Gasteiger partial charge in [-0.2, -0.15) is 0 Å².